The van der Waals surface area contributed by atoms with Crippen molar-refractivity contribution in [3.05, 3.63) is 74.7 Å². The van der Waals surface area contributed by atoms with Crippen molar-refractivity contribution < 1.29 is 18.3 Å². The summed E-state index contributed by atoms with van der Waals surface area (Å²) < 4.78 is 38.9. The van der Waals surface area contributed by atoms with Crippen molar-refractivity contribution in [1.82, 2.24) is 9.55 Å². The minimum Gasteiger partial charge on any atom is -0.495 e. The fraction of sp³-hybridized carbons (Fsp3) is 0.200. The highest BCUT2D eigenvalue weighted by Gasteiger charge is 2.13. The van der Waals surface area contributed by atoms with Gasteiger partial charge in [0.2, 0.25) is 11.7 Å². The van der Waals surface area contributed by atoms with Crippen molar-refractivity contribution in [2.75, 3.05) is 19.5 Å². The van der Waals surface area contributed by atoms with E-state index in [1.54, 1.807) is 12.1 Å². The maximum atomic E-state index is 13.6. The van der Waals surface area contributed by atoms with Gasteiger partial charge in [-0.1, -0.05) is 11.6 Å². The molecule has 1 aromatic heterocycles. The number of hydrogen-bond donors (Lipinski definition) is 1. The molecule has 9 heteroatoms. The summed E-state index contributed by atoms with van der Waals surface area (Å²) in [5, 5.41) is 3.41. The highest BCUT2D eigenvalue weighted by Crippen LogP contribution is 2.32. The highest BCUT2D eigenvalue weighted by atomic mass is 35.5. The molecule has 0 saturated carbocycles. The summed E-state index contributed by atoms with van der Waals surface area (Å²) in [6.07, 6.45) is 1.42. The fourth-order valence-corrected chi connectivity index (χ4v) is 3.04. The number of nitrogens with one attached hydrogen (secondary N) is 1. The van der Waals surface area contributed by atoms with Crippen LogP contribution in [-0.2, 0) is 6.54 Å². The Kier molecular flexibility index (Phi) is 6.03. The van der Waals surface area contributed by atoms with Crippen molar-refractivity contribution in [1.29, 1.82) is 0 Å². The molecule has 0 saturated heterocycles. The van der Waals surface area contributed by atoms with E-state index in [1.165, 1.54) is 37.1 Å². The second-order valence-electron chi connectivity index (χ2n) is 6.27. The predicted molar refractivity (Wildman–Crippen MR) is 107 cm³/mol. The molecular formula is C20H18ClF2N3O3. The van der Waals surface area contributed by atoms with Crippen molar-refractivity contribution in [2.45, 2.75) is 13.5 Å². The van der Waals surface area contributed by atoms with Crippen LogP contribution < -0.4 is 20.3 Å². The lowest BCUT2D eigenvalue weighted by molar-refractivity contribution is 0.402. The van der Waals surface area contributed by atoms with Crippen LogP contribution in [0.15, 0.2) is 41.3 Å². The highest BCUT2D eigenvalue weighted by molar-refractivity contribution is 6.32. The number of ether oxygens (including phenoxy) is 2. The Morgan fingerprint density at radius 1 is 1.07 bits per heavy atom. The molecule has 1 N–H and O–H groups in total. The number of hydrogen-bond acceptors (Lipinski definition) is 5. The van der Waals surface area contributed by atoms with E-state index in [1.807, 2.05) is 6.92 Å². The Hall–Kier alpha value is -3.13. The van der Waals surface area contributed by atoms with E-state index in [4.69, 9.17) is 21.1 Å². The molecule has 3 aromatic rings. The van der Waals surface area contributed by atoms with Crippen LogP contribution in [0.25, 0.3) is 0 Å². The summed E-state index contributed by atoms with van der Waals surface area (Å²) in [5.41, 5.74) is 1.14. The molecule has 0 fully saturated rings. The predicted octanol–water partition coefficient (Wildman–Crippen LogP) is 4.29. The molecule has 1 heterocycles. The lowest BCUT2D eigenvalue weighted by Gasteiger charge is -2.17. The van der Waals surface area contributed by atoms with Crippen LogP contribution in [0, 0.1) is 18.6 Å². The van der Waals surface area contributed by atoms with Gasteiger partial charge in [0, 0.05) is 11.8 Å². The van der Waals surface area contributed by atoms with Gasteiger partial charge >= 0.3 is 5.56 Å². The number of nitrogens with zero attached hydrogens (tertiary/aromatic N) is 2. The van der Waals surface area contributed by atoms with Gasteiger partial charge in [0.05, 0.1) is 32.0 Å². The molecule has 0 aliphatic heterocycles. The van der Waals surface area contributed by atoms with Crippen LogP contribution in [0.5, 0.6) is 11.5 Å². The Labute approximate surface area is 170 Å². The van der Waals surface area contributed by atoms with E-state index >= 15 is 0 Å². The first-order chi connectivity index (χ1) is 13.8. The largest absolute Gasteiger partial charge is 0.495 e. The van der Waals surface area contributed by atoms with Crippen LogP contribution in [0.1, 0.15) is 11.1 Å². The number of aryl methyl sites for hydroxylation is 1. The number of anilines is 2. The second-order valence-corrected chi connectivity index (χ2v) is 6.68. The molecule has 0 amide bonds. The second kappa shape index (κ2) is 8.48. The van der Waals surface area contributed by atoms with Crippen LogP contribution >= 0.6 is 11.6 Å². The summed E-state index contributed by atoms with van der Waals surface area (Å²) >= 11 is 6.19. The van der Waals surface area contributed by atoms with Crippen LogP contribution in [0.4, 0.5) is 20.4 Å². The Morgan fingerprint density at radius 3 is 2.34 bits per heavy atom. The summed E-state index contributed by atoms with van der Waals surface area (Å²) in [6, 6.07) is 6.56. The topological polar surface area (TPSA) is 65.4 Å². The zero-order valence-corrected chi connectivity index (χ0v) is 16.7. The molecular weight excluding hydrogens is 404 g/mol. The fourth-order valence-electron chi connectivity index (χ4n) is 2.80. The van der Waals surface area contributed by atoms with Crippen molar-refractivity contribution in [2.24, 2.45) is 0 Å². The first-order valence-corrected chi connectivity index (χ1v) is 8.90. The molecule has 152 valence electrons. The molecule has 0 unspecified atom stereocenters. The summed E-state index contributed by atoms with van der Waals surface area (Å²) in [7, 11) is 2.85. The van der Waals surface area contributed by atoms with E-state index in [2.05, 4.69) is 10.3 Å². The zero-order valence-electron chi connectivity index (χ0n) is 15.9. The Balaban J connectivity index is 2.05. The van der Waals surface area contributed by atoms with Crippen molar-refractivity contribution >= 4 is 23.2 Å². The van der Waals surface area contributed by atoms with Crippen LogP contribution in [0.3, 0.4) is 0 Å². The molecule has 2 aromatic carbocycles. The first-order valence-electron chi connectivity index (χ1n) is 8.52. The summed E-state index contributed by atoms with van der Waals surface area (Å²) in [4.78, 5) is 16.2. The van der Waals surface area contributed by atoms with Gasteiger partial charge in [0.25, 0.3) is 0 Å². The van der Waals surface area contributed by atoms with Gasteiger partial charge in [0.15, 0.2) is 0 Å². The van der Waals surface area contributed by atoms with E-state index in [-0.39, 0.29) is 18.2 Å². The third-order valence-electron chi connectivity index (χ3n) is 4.20. The number of aromatic nitrogens is 2. The Morgan fingerprint density at radius 2 is 1.72 bits per heavy atom. The average molecular weight is 422 g/mol. The molecule has 0 atom stereocenters. The van der Waals surface area contributed by atoms with Gasteiger partial charge in [-0.2, -0.15) is 4.98 Å². The number of rotatable bonds is 6. The van der Waals surface area contributed by atoms with E-state index < -0.39 is 17.2 Å². The maximum Gasteiger partial charge on any atom is 0.316 e. The van der Waals surface area contributed by atoms with Gasteiger partial charge in [0.1, 0.15) is 17.4 Å². The monoisotopic (exact) mass is 421 g/mol. The maximum absolute atomic E-state index is 13.6. The molecule has 0 aliphatic rings. The molecule has 0 spiro atoms. The van der Waals surface area contributed by atoms with Gasteiger partial charge in [-0.3, -0.25) is 4.79 Å². The minimum absolute atomic E-state index is 0.00286. The third-order valence-corrected chi connectivity index (χ3v) is 4.50. The minimum atomic E-state index is -0.701. The van der Waals surface area contributed by atoms with Gasteiger partial charge in [-0.05, 0) is 42.3 Å². The number of methoxy groups -OCH3 is 2. The lowest BCUT2D eigenvalue weighted by atomic mass is 10.2. The smallest absolute Gasteiger partial charge is 0.316 e. The molecule has 0 bridgehead atoms. The molecule has 0 aliphatic carbocycles. The zero-order chi connectivity index (χ0) is 21.1. The normalized spacial score (nSPS) is 10.7. The lowest BCUT2D eigenvalue weighted by Crippen LogP contribution is -2.19. The first kappa shape index (κ1) is 20.6. The molecule has 29 heavy (non-hydrogen) atoms. The SMILES string of the molecule is COc1cc(C)c(Nc2nc(=O)c(OC)cn2Cc2cc(F)cc(F)c2)cc1Cl. The van der Waals surface area contributed by atoms with Gasteiger partial charge in [-0.15, -0.1) is 0 Å². The van der Waals surface area contributed by atoms with E-state index in [9.17, 15) is 13.6 Å². The molecule has 3 rings (SSSR count). The molecule has 0 radical (unpaired) electrons. The van der Waals surface area contributed by atoms with E-state index in [0.717, 1.165) is 11.6 Å². The van der Waals surface area contributed by atoms with Crippen LogP contribution in [0.2, 0.25) is 5.02 Å². The van der Waals surface area contributed by atoms with Crippen molar-refractivity contribution in [3.8, 4) is 11.5 Å². The Bertz CT molecular complexity index is 1100. The number of benzene rings is 2. The standard InChI is InChI=1S/C20H18ClF2N3O3/c1-11-4-17(28-2)15(21)8-16(11)24-20-25-19(27)18(29-3)10-26(20)9-12-5-13(22)7-14(23)6-12/h4-8,10H,9H2,1-3H3,(H,24,25,27). The number of halogens is 3. The van der Waals surface area contributed by atoms with E-state index in [0.29, 0.717) is 22.0 Å². The van der Waals surface area contributed by atoms with Gasteiger partial charge < -0.3 is 19.4 Å². The third kappa shape index (κ3) is 4.65. The summed E-state index contributed by atoms with van der Waals surface area (Å²) in [6.45, 7) is 1.87. The average Bonchev–Trinajstić information content (AvgIpc) is 2.65. The van der Waals surface area contributed by atoms with Crippen molar-refractivity contribution in [3.63, 3.8) is 0 Å². The van der Waals surface area contributed by atoms with Crippen LogP contribution in [-0.4, -0.2) is 23.8 Å². The quantitative estimate of drug-likeness (QED) is 0.643. The summed E-state index contributed by atoms with van der Waals surface area (Å²) in [5.74, 6) is -0.742. The molecule has 6 nitrogen and oxygen atoms in total. The van der Waals surface area contributed by atoms with Gasteiger partial charge in [-0.25, -0.2) is 8.78 Å².